The predicted molar refractivity (Wildman–Crippen MR) is 121 cm³/mol. The number of hydrogen-bond donors (Lipinski definition) is 2. The average Bonchev–Trinajstić information content (AvgIpc) is 2.73. The van der Waals surface area contributed by atoms with E-state index in [4.69, 9.17) is 0 Å². The number of amides is 3. The molecule has 1 aliphatic heterocycles. The number of carbonyl (C=O) groups is 2. The lowest BCUT2D eigenvalue weighted by atomic mass is 9.99. The summed E-state index contributed by atoms with van der Waals surface area (Å²) < 4.78 is 0. The van der Waals surface area contributed by atoms with Gasteiger partial charge in [0.05, 0.1) is 6.54 Å². The van der Waals surface area contributed by atoms with Crippen LogP contribution in [-0.4, -0.2) is 11.9 Å². The Hall–Kier alpha value is -3.60. The minimum atomic E-state index is -0.286. The third-order valence-electron chi connectivity index (χ3n) is 5.49. The number of nitrogens with zero attached hydrogens (tertiary/aromatic N) is 1. The van der Waals surface area contributed by atoms with E-state index in [2.05, 4.69) is 10.6 Å². The second-order valence-corrected chi connectivity index (χ2v) is 7.69. The minimum absolute atomic E-state index is 0.125. The SMILES string of the molecule is Cc1ccc(NC(=O)Nc2ccc3c(c2)CCC(=O)N3Cc2ccccc2)cc1C. The monoisotopic (exact) mass is 399 g/mol. The van der Waals surface area contributed by atoms with Crippen LogP contribution in [0.2, 0.25) is 0 Å². The molecule has 0 unspecified atom stereocenters. The van der Waals surface area contributed by atoms with Gasteiger partial charge < -0.3 is 15.5 Å². The largest absolute Gasteiger partial charge is 0.323 e. The lowest BCUT2D eigenvalue weighted by Crippen LogP contribution is -2.34. The molecule has 0 fully saturated rings. The van der Waals surface area contributed by atoms with E-state index >= 15 is 0 Å². The molecule has 30 heavy (non-hydrogen) atoms. The van der Waals surface area contributed by atoms with E-state index in [1.807, 2.05) is 85.5 Å². The molecule has 0 radical (unpaired) electrons. The molecular formula is C25H25N3O2. The second-order valence-electron chi connectivity index (χ2n) is 7.69. The highest BCUT2D eigenvalue weighted by Gasteiger charge is 2.24. The molecule has 4 rings (SSSR count). The molecule has 1 aliphatic rings. The Balaban J connectivity index is 1.48. The highest BCUT2D eigenvalue weighted by molar-refractivity contribution is 6.01. The van der Waals surface area contributed by atoms with Gasteiger partial charge in [-0.2, -0.15) is 0 Å². The fourth-order valence-electron chi connectivity index (χ4n) is 3.69. The first-order valence-corrected chi connectivity index (χ1v) is 10.1. The Labute approximate surface area is 176 Å². The molecule has 0 aliphatic carbocycles. The molecule has 152 valence electrons. The molecule has 0 aromatic heterocycles. The molecule has 0 bridgehead atoms. The van der Waals surface area contributed by atoms with Gasteiger partial charge in [-0.05, 0) is 72.9 Å². The second kappa shape index (κ2) is 8.41. The molecule has 1 heterocycles. The topological polar surface area (TPSA) is 61.4 Å². The zero-order valence-electron chi connectivity index (χ0n) is 17.2. The Morgan fingerprint density at radius 3 is 2.30 bits per heavy atom. The third-order valence-corrected chi connectivity index (χ3v) is 5.49. The van der Waals surface area contributed by atoms with Crippen LogP contribution in [-0.2, 0) is 17.8 Å². The highest BCUT2D eigenvalue weighted by Crippen LogP contribution is 2.31. The van der Waals surface area contributed by atoms with Crippen LogP contribution in [0.15, 0.2) is 66.7 Å². The fraction of sp³-hybridized carbons (Fsp3) is 0.200. The summed E-state index contributed by atoms with van der Waals surface area (Å²) in [7, 11) is 0. The number of anilines is 3. The number of aryl methyl sites for hydroxylation is 3. The zero-order valence-corrected chi connectivity index (χ0v) is 17.2. The Bertz CT molecular complexity index is 1090. The van der Waals surface area contributed by atoms with Crippen LogP contribution in [0.4, 0.5) is 21.9 Å². The number of benzene rings is 3. The lowest BCUT2D eigenvalue weighted by molar-refractivity contribution is -0.119. The van der Waals surface area contributed by atoms with Crippen molar-refractivity contribution in [2.24, 2.45) is 0 Å². The summed E-state index contributed by atoms with van der Waals surface area (Å²) in [5.74, 6) is 0.125. The number of fused-ring (bicyclic) bond motifs is 1. The summed E-state index contributed by atoms with van der Waals surface area (Å²) >= 11 is 0. The standard InChI is InChI=1S/C25H25N3O2/c1-17-8-10-21(14-18(17)2)26-25(30)27-22-11-12-23-20(15-22)9-13-24(29)28(23)16-19-6-4-3-5-7-19/h3-8,10-12,14-15H,9,13,16H2,1-2H3,(H2,26,27,30). The minimum Gasteiger partial charge on any atom is -0.308 e. The Morgan fingerprint density at radius 2 is 1.57 bits per heavy atom. The molecule has 5 nitrogen and oxygen atoms in total. The highest BCUT2D eigenvalue weighted by atomic mass is 16.2. The van der Waals surface area contributed by atoms with Crippen molar-refractivity contribution in [3.8, 4) is 0 Å². The quantitative estimate of drug-likeness (QED) is 0.615. The van der Waals surface area contributed by atoms with Crippen molar-refractivity contribution >= 4 is 29.0 Å². The zero-order chi connectivity index (χ0) is 21.1. The van der Waals surface area contributed by atoms with E-state index in [-0.39, 0.29) is 11.9 Å². The summed E-state index contributed by atoms with van der Waals surface area (Å²) in [5.41, 5.74) is 6.85. The van der Waals surface area contributed by atoms with Gasteiger partial charge in [-0.1, -0.05) is 36.4 Å². The van der Waals surface area contributed by atoms with Gasteiger partial charge >= 0.3 is 6.03 Å². The van der Waals surface area contributed by atoms with E-state index in [9.17, 15) is 9.59 Å². The first-order chi connectivity index (χ1) is 14.5. The summed E-state index contributed by atoms with van der Waals surface area (Å²) in [6, 6.07) is 21.2. The normalized spacial score (nSPS) is 13.0. The maximum absolute atomic E-state index is 12.5. The van der Waals surface area contributed by atoms with E-state index in [1.54, 1.807) is 0 Å². The molecule has 0 saturated carbocycles. The maximum Gasteiger partial charge on any atom is 0.323 e. The van der Waals surface area contributed by atoms with E-state index in [0.717, 1.165) is 28.1 Å². The van der Waals surface area contributed by atoms with Crippen molar-refractivity contribution in [3.63, 3.8) is 0 Å². The number of urea groups is 1. The molecule has 3 aromatic carbocycles. The van der Waals surface area contributed by atoms with Crippen molar-refractivity contribution in [2.45, 2.75) is 33.2 Å². The van der Waals surface area contributed by atoms with Crippen molar-refractivity contribution in [1.82, 2.24) is 0 Å². The first kappa shape index (κ1) is 19.7. The van der Waals surface area contributed by atoms with E-state index < -0.39 is 0 Å². The van der Waals surface area contributed by atoms with Crippen molar-refractivity contribution < 1.29 is 9.59 Å². The van der Waals surface area contributed by atoms with Crippen LogP contribution >= 0.6 is 0 Å². The molecule has 5 heteroatoms. The van der Waals surface area contributed by atoms with Crippen LogP contribution in [0, 0.1) is 13.8 Å². The fourth-order valence-corrected chi connectivity index (χ4v) is 3.69. The van der Waals surface area contributed by atoms with Gasteiger partial charge in [0.15, 0.2) is 0 Å². The number of hydrogen-bond acceptors (Lipinski definition) is 2. The molecule has 0 saturated heterocycles. The molecular weight excluding hydrogens is 374 g/mol. The van der Waals surface area contributed by atoms with Crippen molar-refractivity contribution in [2.75, 3.05) is 15.5 Å². The third kappa shape index (κ3) is 4.35. The average molecular weight is 399 g/mol. The van der Waals surface area contributed by atoms with Gasteiger partial charge in [0.25, 0.3) is 0 Å². The van der Waals surface area contributed by atoms with Crippen molar-refractivity contribution in [3.05, 3.63) is 89.0 Å². The van der Waals surface area contributed by atoms with Crippen LogP contribution in [0.5, 0.6) is 0 Å². The van der Waals surface area contributed by atoms with Gasteiger partial charge in [0.1, 0.15) is 0 Å². The molecule has 0 atom stereocenters. The summed E-state index contributed by atoms with van der Waals surface area (Å²) in [6.45, 7) is 4.61. The smallest absolute Gasteiger partial charge is 0.308 e. The van der Waals surface area contributed by atoms with Crippen LogP contribution in [0.1, 0.15) is 28.7 Å². The predicted octanol–water partition coefficient (Wildman–Crippen LogP) is 5.43. The number of carbonyl (C=O) groups excluding carboxylic acids is 2. The van der Waals surface area contributed by atoms with E-state index in [0.29, 0.717) is 25.1 Å². The van der Waals surface area contributed by atoms with Crippen LogP contribution < -0.4 is 15.5 Å². The van der Waals surface area contributed by atoms with Gasteiger partial charge in [0, 0.05) is 23.5 Å². The van der Waals surface area contributed by atoms with Gasteiger partial charge in [-0.25, -0.2) is 4.79 Å². The molecule has 2 N–H and O–H groups in total. The Kier molecular flexibility index (Phi) is 5.53. The molecule has 3 amide bonds. The summed E-state index contributed by atoms with van der Waals surface area (Å²) in [5, 5.41) is 5.77. The summed E-state index contributed by atoms with van der Waals surface area (Å²) in [6.07, 6.45) is 1.14. The van der Waals surface area contributed by atoms with Crippen LogP contribution in [0.3, 0.4) is 0 Å². The summed E-state index contributed by atoms with van der Waals surface area (Å²) in [4.78, 5) is 26.8. The van der Waals surface area contributed by atoms with Crippen LogP contribution in [0.25, 0.3) is 0 Å². The van der Waals surface area contributed by atoms with Crippen molar-refractivity contribution in [1.29, 1.82) is 0 Å². The van der Waals surface area contributed by atoms with E-state index in [1.165, 1.54) is 5.56 Å². The molecule has 3 aromatic rings. The van der Waals surface area contributed by atoms with Gasteiger partial charge in [0.2, 0.25) is 5.91 Å². The molecule has 0 spiro atoms. The maximum atomic E-state index is 12.5. The number of nitrogens with one attached hydrogen (secondary N) is 2. The number of rotatable bonds is 4. The first-order valence-electron chi connectivity index (χ1n) is 10.1. The van der Waals surface area contributed by atoms with Gasteiger partial charge in [-0.3, -0.25) is 4.79 Å². The Morgan fingerprint density at radius 1 is 0.867 bits per heavy atom. The van der Waals surface area contributed by atoms with Gasteiger partial charge in [-0.15, -0.1) is 0 Å². The lowest BCUT2D eigenvalue weighted by Gasteiger charge is -2.30.